The van der Waals surface area contributed by atoms with Crippen LogP contribution in [0.15, 0.2) is 152 Å². The summed E-state index contributed by atoms with van der Waals surface area (Å²) < 4.78 is 0. The molecule has 1 aliphatic carbocycles. The van der Waals surface area contributed by atoms with E-state index in [1.54, 1.807) is 0 Å². The number of rotatable bonds is 7. The Hall–Kier alpha value is -4.24. The predicted octanol–water partition coefficient (Wildman–Crippen LogP) is 11.4. The number of hydrogen-bond donors (Lipinski definition) is 0. The van der Waals surface area contributed by atoms with Crippen molar-refractivity contribution in [3.05, 3.63) is 167 Å². The van der Waals surface area contributed by atoms with Crippen molar-refractivity contribution in [2.24, 2.45) is 0 Å². The van der Waals surface area contributed by atoms with Crippen LogP contribution in [0.1, 0.15) is 18.9 Å². The topological polar surface area (TPSA) is 6.48 Å². The zero-order valence-electron chi connectivity index (χ0n) is 22.8. The van der Waals surface area contributed by atoms with Crippen molar-refractivity contribution in [2.45, 2.75) is 18.9 Å². The van der Waals surface area contributed by atoms with Crippen molar-refractivity contribution in [1.82, 2.24) is 0 Å². The molecule has 5 aromatic rings. The third-order valence-electron chi connectivity index (χ3n) is 7.53. The SMILES string of the molecule is CC1(N(c2ccccc2)c2ccc(Cl)cc2)C=CC(c2ccc(N(c3ccccc3)c3ccc(Cl)cc3)cc2)=CC1. The van der Waals surface area contributed by atoms with Crippen LogP contribution in [-0.2, 0) is 0 Å². The molecular weight excluding hydrogens is 543 g/mol. The van der Waals surface area contributed by atoms with E-state index < -0.39 is 0 Å². The van der Waals surface area contributed by atoms with Gasteiger partial charge in [0, 0.05) is 38.5 Å². The predicted molar refractivity (Wildman–Crippen MR) is 176 cm³/mol. The fourth-order valence-electron chi connectivity index (χ4n) is 5.43. The van der Waals surface area contributed by atoms with E-state index in [-0.39, 0.29) is 5.54 Å². The maximum Gasteiger partial charge on any atom is 0.0643 e. The highest BCUT2D eigenvalue weighted by Gasteiger charge is 2.32. The van der Waals surface area contributed by atoms with Crippen molar-refractivity contribution in [2.75, 3.05) is 9.80 Å². The third kappa shape index (κ3) is 5.81. The Bertz CT molecular complexity index is 1660. The Morgan fingerprint density at radius 3 is 1.49 bits per heavy atom. The summed E-state index contributed by atoms with van der Waals surface area (Å²) >= 11 is 12.4. The summed E-state index contributed by atoms with van der Waals surface area (Å²) in [5, 5.41) is 1.46. The van der Waals surface area contributed by atoms with Gasteiger partial charge in [0.15, 0.2) is 0 Å². The van der Waals surface area contributed by atoms with Crippen LogP contribution in [0, 0.1) is 0 Å². The van der Waals surface area contributed by atoms with Crippen molar-refractivity contribution < 1.29 is 0 Å². The zero-order chi connectivity index (χ0) is 28.2. The Kier molecular flexibility index (Phi) is 7.69. The molecule has 0 saturated heterocycles. The molecule has 1 unspecified atom stereocenters. The average Bonchev–Trinajstić information content (AvgIpc) is 3.01. The molecule has 0 radical (unpaired) electrons. The molecule has 5 aromatic carbocycles. The van der Waals surface area contributed by atoms with Crippen LogP contribution in [-0.4, -0.2) is 5.54 Å². The minimum atomic E-state index is -0.239. The molecule has 0 saturated carbocycles. The first kappa shape index (κ1) is 27.0. The summed E-state index contributed by atoms with van der Waals surface area (Å²) in [7, 11) is 0. The number of anilines is 5. The molecule has 0 heterocycles. The maximum absolute atomic E-state index is 6.23. The standard InChI is InChI=1S/C37H30Cl2N2/c1-37(41(35-10-6-3-7-11-35)36-22-16-31(39)17-23-36)26-24-29(25-27-37)28-12-18-33(19-13-28)40(32-8-4-2-5-9-32)34-20-14-30(38)15-21-34/h2-26H,27H2,1H3. The van der Waals surface area contributed by atoms with E-state index in [4.69, 9.17) is 23.2 Å². The highest BCUT2D eigenvalue weighted by molar-refractivity contribution is 6.31. The van der Waals surface area contributed by atoms with Crippen molar-refractivity contribution >= 4 is 57.2 Å². The van der Waals surface area contributed by atoms with Crippen LogP contribution in [0.3, 0.4) is 0 Å². The van der Waals surface area contributed by atoms with Gasteiger partial charge in [-0.2, -0.15) is 0 Å². The number of benzene rings is 5. The van der Waals surface area contributed by atoms with Gasteiger partial charge < -0.3 is 9.80 Å². The molecule has 1 aliphatic rings. The van der Waals surface area contributed by atoms with Crippen LogP contribution >= 0.6 is 23.2 Å². The van der Waals surface area contributed by atoms with Crippen LogP contribution in [0.2, 0.25) is 10.0 Å². The molecule has 0 N–H and O–H groups in total. The number of hydrogen-bond acceptors (Lipinski definition) is 2. The van der Waals surface area contributed by atoms with Gasteiger partial charge in [-0.25, -0.2) is 0 Å². The van der Waals surface area contributed by atoms with Gasteiger partial charge in [-0.1, -0.05) is 90.0 Å². The first-order chi connectivity index (χ1) is 20.0. The minimum absolute atomic E-state index is 0.239. The smallest absolute Gasteiger partial charge is 0.0643 e. The minimum Gasteiger partial charge on any atom is -0.332 e. The molecule has 0 fully saturated rings. The largest absolute Gasteiger partial charge is 0.332 e. The van der Waals surface area contributed by atoms with E-state index >= 15 is 0 Å². The van der Waals surface area contributed by atoms with Gasteiger partial charge in [-0.15, -0.1) is 0 Å². The van der Waals surface area contributed by atoms with E-state index in [9.17, 15) is 0 Å². The number of allylic oxidation sites excluding steroid dienone is 2. The van der Waals surface area contributed by atoms with Crippen molar-refractivity contribution in [1.29, 1.82) is 0 Å². The van der Waals surface area contributed by atoms with Crippen molar-refractivity contribution in [3.8, 4) is 0 Å². The first-order valence-corrected chi connectivity index (χ1v) is 14.5. The van der Waals surface area contributed by atoms with E-state index in [1.807, 2.05) is 30.3 Å². The Morgan fingerprint density at radius 1 is 0.537 bits per heavy atom. The molecule has 0 amide bonds. The lowest BCUT2D eigenvalue weighted by molar-refractivity contribution is 0.571. The molecule has 0 bridgehead atoms. The molecule has 0 spiro atoms. The molecule has 4 heteroatoms. The maximum atomic E-state index is 6.23. The van der Waals surface area contributed by atoms with Gasteiger partial charge >= 0.3 is 0 Å². The molecule has 0 aliphatic heterocycles. The normalized spacial score (nSPS) is 16.2. The monoisotopic (exact) mass is 572 g/mol. The lowest BCUT2D eigenvalue weighted by Gasteiger charge is -2.42. The molecule has 1 atom stereocenters. The van der Waals surface area contributed by atoms with Gasteiger partial charge in [0.25, 0.3) is 0 Å². The summed E-state index contributed by atoms with van der Waals surface area (Å²) in [6, 6.07) is 45.7. The van der Waals surface area contributed by atoms with Gasteiger partial charge in [0.1, 0.15) is 0 Å². The first-order valence-electron chi connectivity index (χ1n) is 13.7. The van der Waals surface area contributed by atoms with Crippen LogP contribution in [0.5, 0.6) is 0 Å². The summed E-state index contributed by atoms with van der Waals surface area (Å²) in [6.45, 7) is 2.28. The molecular formula is C37H30Cl2N2. The summed E-state index contributed by atoms with van der Waals surface area (Å²) in [5.74, 6) is 0. The number of nitrogens with zero attached hydrogens (tertiary/aromatic N) is 2. The Labute approximate surface area is 252 Å². The quantitative estimate of drug-likeness (QED) is 0.191. The second-order valence-corrected chi connectivity index (χ2v) is 11.3. The van der Waals surface area contributed by atoms with Crippen LogP contribution in [0.25, 0.3) is 5.57 Å². The summed E-state index contributed by atoms with van der Waals surface area (Å²) in [4.78, 5) is 4.63. The molecule has 2 nitrogen and oxygen atoms in total. The Morgan fingerprint density at radius 2 is 0.976 bits per heavy atom. The fourth-order valence-corrected chi connectivity index (χ4v) is 5.68. The zero-order valence-corrected chi connectivity index (χ0v) is 24.3. The van der Waals surface area contributed by atoms with Gasteiger partial charge in [0.2, 0.25) is 0 Å². The average molecular weight is 574 g/mol. The highest BCUT2D eigenvalue weighted by Crippen LogP contribution is 2.41. The van der Waals surface area contributed by atoms with Gasteiger partial charge in [-0.05, 0) is 109 Å². The molecule has 6 rings (SSSR count). The lowest BCUT2D eigenvalue weighted by atomic mass is 9.85. The number of halogens is 2. The van der Waals surface area contributed by atoms with E-state index in [2.05, 4.69) is 138 Å². The highest BCUT2D eigenvalue weighted by atomic mass is 35.5. The molecule has 41 heavy (non-hydrogen) atoms. The fraction of sp³-hybridized carbons (Fsp3) is 0.0811. The second-order valence-electron chi connectivity index (χ2n) is 10.4. The van der Waals surface area contributed by atoms with Crippen LogP contribution < -0.4 is 9.80 Å². The van der Waals surface area contributed by atoms with E-state index in [0.717, 1.165) is 44.9 Å². The molecule has 0 aromatic heterocycles. The van der Waals surface area contributed by atoms with Crippen molar-refractivity contribution in [3.63, 3.8) is 0 Å². The number of para-hydroxylation sites is 2. The summed E-state index contributed by atoms with van der Waals surface area (Å²) in [5.41, 5.74) is 7.67. The summed E-state index contributed by atoms with van der Waals surface area (Å²) in [6.07, 6.45) is 7.77. The molecule has 202 valence electrons. The van der Waals surface area contributed by atoms with Gasteiger partial charge in [0.05, 0.1) is 5.54 Å². The van der Waals surface area contributed by atoms with E-state index in [1.165, 1.54) is 11.1 Å². The lowest BCUT2D eigenvalue weighted by Crippen LogP contribution is -2.42. The Balaban J connectivity index is 1.28. The second kappa shape index (κ2) is 11.7. The third-order valence-corrected chi connectivity index (χ3v) is 8.03. The van der Waals surface area contributed by atoms with Gasteiger partial charge in [-0.3, -0.25) is 0 Å². The van der Waals surface area contributed by atoms with Crippen LogP contribution in [0.4, 0.5) is 28.4 Å². The van der Waals surface area contributed by atoms with E-state index in [0.29, 0.717) is 0 Å².